The largest absolute Gasteiger partial charge is 0.422 e. The van der Waals surface area contributed by atoms with Gasteiger partial charge >= 0.3 is 11.8 Å². The molecule has 27 heavy (non-hydrogen) atoms. The Kier molecular flexibility index (Phi) is 4.19. The number of para-hydroxylation sites is 2. The van der Waals surface area contributed by atoms with Crippen molar-refractivity contribution in [1.29, 1.82) is 0 Å². The van der Waals surface area contributed by atoms with Crippen LogP contribution < -0.4 is 10.9 Å². The number of aromatic nitrogens is 1. The van der Waals surface area contributed by atoms with E-state index in [0.717, 1.165) is 22.8 Å². The molecule has 2 aromatic carbocycles. The molecule has 4 rings (SSSR count). The van der Waals surface area contributed by atoms with E-state index in [9.17, 15) is 18.0 Å². The van der Waals surface area contributed by atoms with E-state index < -0.39 is 17.4 Å². The van der Waals surface area contributed by atoms with Gasteiger partial charge in [0, 0.05) is 10.8 Å². The van der Waals surface area contributed by atoms with Gasteiger partial charge in [-0.25, -0.2) is 9.78 Å². The number of nitrogens with zero attached hydrogens (tertiary/aromatic N) is 1. The van der Waals surface area contributed by atoms with Gasteiger partial charge in [0.25, 0.3) is 0 Å². The van der Waals surface area contributed by atoms with Crippen molar-refractivity contribution in [2.24, 2.45) is 0 Å². The third-order valence-electron chi connectivity index (χ3n) is 3.90. The second-order valence-electron chi connectivity index (χ2n) is 5.69. The number of thiazole rings is 1. The summed E-state index contributed by atoms with van der Waals surface area (Å²) in [6.07, 6.45) is -4.48. The zero-order valence-electron chi connectivity index (χ0n) is 13.6. The highest BCUT2D eigenvalue weighted by atomic mass is 32.1. The van der Waals surface area contributed by atoms with Gasteiger partial charge in [0.2, 0.25) is 0 Å². The summed E-state index contributed by atoms with van der Waals surface area (Å²) in [7, 11) is 0. The predicted octanol–water partition coefficient (Wildman–Crippen LogP) is 5.68. The van der Waals surface area contributed by atoms with Crippen LogP contribution in [-0.4, -0.2) is 4.98 Å². The van der Waals surface area contributed by atoms with Crippen LogP contribution in [0.1, 0.15) is 5.56 Å². The third-order valence-corrected chi connectivity index (χ3v) is 4.65. The molecule has 0 aliphatic carbocycles. The first-order valence-corrected chi connectivity index (χ1v) is 8.72. The molecule has 8 heteroatoms. The van der Waals surface area contributed by atoms with Crippen LogP contribution in [-0.2, 0) is 6.18 Å². The molecule has 1 N–H and O–H groups in total. The fraction of sp³-hybridized carbons (Fsp3) is 0.0526. The molecule has 2 heterocycles. The molecule has 136 valence electrons. The topological polar surface area (TPSA) is 55.1 Å². The van der Waals surface area contributed by atoms with Crippen molar-refractivity contribution in [3.8, 4) is 11.3 Å². The van der Waals surface area contributed by atoms with Gasteiger partial charge in [-0.3, -0.25) is 0 Å². The van der Waals surface area contributed by atoms with Gasteiger partial charge in [-0.05, 0) is 24.3 Å². The SMILES string of the molecule is O=c1oc2ccccc2cc1-c1csc(Nc2ccccc2C(F)(F)F)n1. The maximum absolute atomic E-state index is 13.1. The quantitative estimate of drug-likeness (QED) is 0.459. The molecule has 0 saturated heterocycles. The molecule has 0 spiro atoms. The maximum atomic E-state index is 13.1. The van der Waals surface area contributed by atoms with Crippen molar-refractivity contribution in [2.75, 3.05) is 5.32 Å². The average Bonchev–Trinajstić information content (AvgIpc) is 3.09. The number of hydrogen-bond acceptors (Lipinski definition) is 5. The summed E-state index contributed by atoms with van der Waals surface area (Å²) in [6.45, 7) is 0. The summed E-state index contributed by atoms with van der Waals surface area (Å²) in [4.78, 5) is 16.5. The zero-order valence-corrected chi connectivity index (χ0v) is 14.4. The van der Waals surface area contributed by atoms with Crippen LogP contribution in [0.5, 0.6) is 0 Å². The standard InChI is InChI=1S/C19H11F3N2O2S/c20-19(21,22)13-6-2-3-7-14(13)23-18-24-15(10-27-18)12-9-11-5-1-4-8-16(11)26-17(12)25/h1-10H,(H,23,24). The van der Waals surface area contributed by atoms with Crippen molar-refractivity contribution in [3.63, 3.8) is 0 Å². The van der Waals surface area contributed by atoms with Gasteiger partial charge in [0.1, 0.15) is 5.58 Å². The zero-order chi connectivity index (χ0) is 19.0. The first kappa shape index (κ1) is 17.3. The number of rotatable bonds is 3. The van der Waals surface area contributed by atoms with Gasteiger partial charge in [0.05, 0.1) is 22.5 Å². The van der Waals surface area contributed by atoms with E-state index in [2.05, 4.69) is 10.3 Å². The van der Waals surface area contributed by atoms with Crippen molar-refractivity contribution >= 4 is 33.1 Å². The number of halogens is 3. The van der Waals surface area contributed by atoms with E-state index in [-0.39, 0.29) is 16.4 Å². The molecule has 0 fully saturated rings. The molecule has 4 nitrogen and oxygen atoms in total. The molecule has 4 aromatic rings. The molecule has 0 unspecified atom stereocenters. The van der Waals surface area contributed by atoms with E-state index in [1.54, 1.807) is 29.6 Å². The Hall–Kier alpha value is -3.13. The summed E-state index contributed by atoms with van der Waals surface area (Å²) < 4.78 is 44.6. The van der Waals surface area contributed by atoms with E-state index in [4.69, 9.17) is 4.42 Å². The molecule has 2 aromatic heterocycles. The van der Waals surface area contributed by atoms with Crippen LogP contribution in [0.2, 0.25) is 0 Å². The van der Waals surface area contributed by atoms with Gasteiger partial charge in [-0.15, -0.1) is 11.3 Å². The molecule has 0 atom stereocenters. The first-order chi connectivity index (χ1) is 12.9. The highest BCUT2D eigenvalue weighted by Crippen LogP contribution is 2.36. The Labute approximate surface area is 154 Å². The number of fused-ring (bicyclic) bond motifs is 1. The van der Waals surface area contributed by atoms with Crippen LogP contribution in [0.3, 0.4) is 0 Å². The number of hydrogen-bond donors (Lipinski definition) is 1. The van der Waals surface area contributed by atoms with Crippen LogP contribution in [0.25, 0.3) is 22.2 Å². The lowest BCUT2D eigenvalue weighted by Gasteiger charge is -2.12. The van der Waals surface area contributed by atoms with Crippen molar-refractivity contribution in [3.05, 3.63) is 76.0 Å². The summed E-state index contributed by atoms with van der Waals surface area (Å²) >= 11 is 1.10. The van der Waals surface area contributed by atoms with Gasteiger partial charge in [-0.1, -0.05) is 30.3 Å². The van der Waals surface area contributed by atoms with E-state index in [1.807, 2.05) is 6.07 Å². The first-order valence-electron chi connectivity index (χ1n) is 7.84. The van der Waals surface area contributed by atoms with Gasteiger partial charge in [-0.2, -0.15) is 13.2 Å². The van der Waals surface area contributed by atoms with Crippen LogP contribution in [0, 0.1) is 0 Å². The van der Waals surface area contributed by atoms with Crippen LogP contribution in [0.4, 0.5) is 24.0 Å². The van der Waals surface area contributed by atoms with Crippen LogP contribution in [0.15, 0.2) is 69.2 Å². The van der Waals surface area contributed by atoms with Gasteiger partial charge < -0.3 is 9.73 Å². The van der Waals surface area contributed by atoms with Crippen LogP contribution >= 0.6 is 11.3 Å². The average molecular weight is 388 g/mol. The molecule has 0 bridgehead atoms. The van der Waals surface area contributed by atoms with E-state index >= 15 is 0 Å². The van der Waals surface area contributed by atoms with Crippen molar-refractivity contribution in [2.45, 2.75) is 6.18 Å². The van der Waals surface area contributed by atoms with E-state index in [0.29, 0.717) is 11.3 Å². The monoisotopic (exact) mass is 388 g/mol. The summed E-state index contributed by atoms with van der Waals surface area (Å²) in [5, 5.41) is 5.26. The molecule has 0 saturated carbocycles. The second-order valence-corrected chi connectivity index (χ2v) is 6.55. The smallest absolute Gasteiger partial charge is 0.418 e. The molecule has 0 amide bonds. The Morgan fingerprint density at radius 2 is 1.78 bits per heavy atom. The normalized spacial score (nSPS) is 11.7. The predicted molar refractivity (Wildman–Crippen MR) is 98.3 cm³/mol. The summed E-state index contributed by atoms with van der Waals surface area (Å²) in [6, 6.07) is 13.9. The minimum atomic E-state index is -4.48. The minimum Gasteiger partial charge on any atom is -0.422 e. The molecule has 0 radical (unpaired) electrons. The fourth-order valence-electron chi connectivity index (χ4n) is 2.65. The lowest BCUT2D eigenvalue weighted by atomic mass is 10.1. The summed E-state index contributed by atoms with van der Waals surface area (Å²) in [5.74, 6) is 0. The molecule has 0 aliphatic rings. The maximum Gasteiger partial charge on any atom is 0.418 e. The number of nitrogens with one attached hydrogen (secondary N) is 1. The Balaban J connectivity index is 1.70. The molecular formula is C19H11F3N2O2S. The fourth-order valence-corrected chi connectivity index (χ4v) is 3.37. The molecule has 0 aliphatic heterocycles. The second kappa shape index (κ2) is 6.55. The number of alkyl halides is 3. The molecular weight excluding hydrogens is 377 g/mol. The highest BCUT2D eigenvalue weighted by molar-refractivity contribution is 7.14. The number of anilines is 2. The Bertz CT molecular complexity index is 1180. The Morgan fingerprint density at radius 1 is 1.04 bits per heavy atom. The number of benzene rings is 2. The lowest BCUT2D eigenvalue weighted by molar-refractivity contribution is -0.136. The van der Waals surface area contributed by atoms with Crippen molar-refractivity contribution < 1.29 is 17.6 Å². The third kappa shape index (κ3) is 3.43. The van der Waals surface area contributed by atoms with E-state index in [1.165, 1.54) is 18.2 Å². The lowest BCUT2D eigenvalue weighted by Crippen LogP contribution is -2.08. The van der Waals surface area contributed by atoms with Crippen molar-refractivity contribution in [1.82, 2.24) is 4.98 Å². The highest BCUT2D eigenvalue weighted by Gasteiger charge is 2.33. The summed E-state index contributed by atoms with van der Waals surface area (Å²) in [5.41, 5.74) is -0.391. The van der Waals surface area contributed by atoms with Gasteiger partial charge in [0.15, 0.2) is 5.13 Å². The Morgan fingerprint density at radius 3 is 2.59 bits per heavy atom. The minimum absolute atomic E-state index is 0.101.